The molecule has 0 radical (unpaired) electrons. The lowest BCUT2D eigenvalue weighted by Gasteiger charge is -2.38. The number of nitrogens with zero attached hydrogens (tertiary/aromatic N) is 2. The maximum absolute atomic E-state index is 13.0. The zero-order chi connectivity index (χ0) is 19.8. The number of hydrogen-bond acceptors (Lipinski definition) is 4. The van der Waals surface area contributed by atoms with Crippen LogP contribution < -0.4 is 9.64 Å². The number of ether oxygens (including phenoxy) is 1. The molecule has 0 saturated carbocycles. The summed E-state index contributed by atoms with van der Waals surface area (Å²) in [5.74, 6) is 1.36. The lowest BCUT2D eigenvalue weighted by molar-refractivity contribution is 0.0971. The Morgan fingerprint density at radius 1 is 1.13 bits per heavy atom. The number of ketones is 1. The van der Waals surface area contributed by atoms with Crippen LogP contribution in [0.4, 0.5) is 10.1 Å². The van der Waals surface area contributed by atoms with E-state index in [0.29, 0.717) is 23.9 Å². The molecule has 1 saturated heterocycles. The molecule has 2 aromatic carbocycles. The summed E-state index contributed by atoms with van der Waals surface area (Å²) in [6, 6.07) is 12.9. The molecule has 2 atom stereocenters. The van der Waals surface area contributed by atoms with Crippen LogP contribution >= 0.6 is 12.4 Å². The standard InChI is InChI=1S/C24H27FN2O2.ClH/c25-18-9-7-17(8-10-18)22(28)5-2-12-26-14-11-21-20(16-26)19-4-1-6-23-24(19)27(21)13-3-15-29-23;/h1,4,6-10,20-21H,2-3,5,11-16H2;1H. The summed E-state index contributed by atoms with van der Waals surface area (Å²) in [6.07, 6.45) is 3.58. The van der Waals surface area contributed by atoms with Crippen LogP contribution in [0, 0.1) is 5.82 Å². The minimum Gasteiger partial charge on any atom is -0.491 e. The molecule has 3 heterocycles. The van der Waals surface area contributed by atoms with E-state index in [-0.39, 0.29) is 24.0 Å². The zero-order valence-electron chi connectivity index (χ0n) is 17.1. The number of para-hydroxylation sites is 1. The molecule has 2 unspecified atom stereocenters. The summed E-state index contributed by atoms with van der Waals surface area (Å²) >= 11 is 0. The van der Waals surface area contributed by atoms with Gasteiger partial charge in [-0.25, -0.2) is 4.39 Å². The van der Waals surface area contributed by atoms with Gasteiger partial charge >= 0.3 is 0 Å². The number of carbonyl (C=O) groups is 1. The molecule has 2 aromatic rings. The number of rotatable bonds is 5. The fourth-order valence-electron chi connectivity index (χ4n) is 5.26. The van der Waals surface area contributed by atoms with Gasteiger partial charge in [0.1, 0.15) is 11.6 Å². The number of likely N-dealkylation sites (tertiary alicyclic amines) is 1. The first-order chi connectivity index (χ1) is 14.2. The Labute approximate surface area is 183 Å². The van der Waals surface area contributed by atoms with Gasteiger partial charge in [0.05, 0.1) is 12.3 Å². The first kappa shape index (κ1) is 21.1. The van der Waals surface area contributed by atoms with Gasteiger partial charge in [-0.05, 0) is 61.7 Å². The van der Waals surface area contributed by atoms with Crippen LogP contribution in [0.25, 0.3) is 0 Å². The van der Waals surface area contributed by atoms with E-state index in [1.807, 2.05) is 0 Å². The normalized spacial score (nSPS) is 22.4. The van der Waals surface area contributed by atoms with Crippen LogP contribution in [0.5, 0.6) is 5.75 Å². The van der Waals surface area contributed by atoms with Crippen molar-refractivity contribution in [2.24, 2.45) is 0 Å². The zero-order valence-corrected chi connectivity index (χ0v) is 17.9. The van der Waals surface area contributed by atoms with E-state index in [2.05, 4.69) is 28.0 Å². The van der Waals surface area contributed by atoms with Crippen molar-refractivity contribution in [3.8, 4) is 5.75 Å². The quantitative estimate of drug-likeness (QED) is 0.645. The molecule has 0 spiro atoms. The van der Waals surface area contributed by atoms with Crippen molar-refractivity contribution in [2.45, 2.75) is 37.6 Å². The lowest BCUT2D eigenvalue weighted by atomic mass is 9.88. The SMILES string of the molecule is Cl.O=C(CCCN1CCC2C(C1)c1cccc3c1N2CCCO3)c1ccc(F)cc1. The van der Waals surface area contributed by atoms with Crippen molar-refractivity contribution in [2.75, 3.05) is 37.7 Å². The molecule has 6 heteroatoms. The molecule has 3 aliphatic rings. The van der Waals surface area contributed by atoms with E-state index in [4.69, 9.17) is 4.74 Å². The molecule has 0 aromatic heterocycles. The van der Waals surface area contributed by atoms with Crippen molar-refractivity contribution in [3.63, 3.8) is 0 Å². The van der Waals surface area contributed by atoms with E-state index in [1.165, 1.54) is 23.4 Å². The Balaban J connectivity index is 0.00000218. The van der Waals surface area contributed by atoms with E-state index in [9.17, 15) is 9.18 Å². The predicted molar refractivity (Wildman–Crippen MR) is 119 cm³/mol. The average Bonchev–Trinajstić information content (AvgIpc) is 2.89. The third-order valence-electron chi connectivity index (χ3n) is 6.62. The van der Waals surface area contributed by atoms with Crippen molar-refractivity contribution in [1.82, 2.24) is 4.90 Å². The molecule has 3 aliphatic heterocycles. The smallest absolute Gasteiger partial charge is 0.162 e. The molecule has 160 valence electrons. The molecule has 0 bridgehead atoms. The molecule has 1 fully saturated rings. The summed E-state index contributed by atoms with van der Waals surface area (Å²) in [5, 5.41) is 0. The third kappa shape index (κ3) is 3.93. The topological polar surface area (TPSA) is 32.8 Å². The minimum absolute atomic E-state index is 0. The number of halogens is 2. The molecule has 0 aliphatic carbocycles. The molecular formula is C24H28ClFN2O2. The van der Waals surface area contributed by atoms with Gasteiger partial charge in [0.15, 0.2) is 5.78 Å². The Morgan fingerprint density at radius 2 is 1.97 bits per heavy atom. The van der Waals surface area contributed by atoms with Gasteiger partial charge < -0.3 is 14.5 Å². The van der Waals surface area contributed by atoms with Gasteiger partial charge in [-0.3, -0.25) is 4.79 Å². The second kappa shape index (κ2) is 8.94. The third-order valence-corrected chi connectivity index (χ3v) is 6.62. The Kier molecular flexibility index (Phi) is 6.30. The first-order valence-electron chi connectivity index (χ1n) is 10.7. The molecule has 5 rings (SSSR count). The van der Waals surface area contributed by atoms with Crippen LogP contribution in [-0.2, 0) is 0 Å². The fraction of sp³-hybridized carbons (Fsp3) is 0.458. The van der Waals surface area contributed by atoms with Crippen LogP contribution in [0.2, 0.25) is 0 Å². The maximum Gasteiger partial charge on any atom is 0.162 e. The second-order valence-corrected chi connectivity index (χ2v) is 8.39. The Hall–Kier alpha value is -2.11. The molecule has 4 nitrogen and oxygen atoms in total. The molecule has 30 heavy (non-hydrogen) atoms. The predicted octanol–water partition coefficient (Wildman–Crippen LogP) is 4.67. The van der Waals surface area contributed by atoms with Gasteiger partial charge in [-0.2, -0.15) is 0 Å². The average molecular weight is 431 g/mol. The van der Waals surface area contributed by atoms with Gasteiger partial charge in [0.2, 0.25) is 0 Å². The summed E-state index contributed by atoms with van der Waals surface area (Å²) in [7, 11) is 0. The number of piperidine rings is 1. The number of fused-ring (bicyclic) bond motifs is 3. The number of Topliss-reactive ketones (excluding diaryl/α,β-unsaturated/α-hetero) is 1. The Morgan fingerprint density at radius 3 is 2.80 bits per heavy atom. The molecular weight excluding hydrogens is 403 g/mol. The number of hydrogen-bond donors (Lipinski definition) is 0. The van der Waals surface area contributed by atoms with Crippen LogP contribution in [0.1, 0.15) is 47.5 Å². The van der Waals surface area contributed by atoms with E-state index >= 15 is 0 Å². The second-order valence-electron chi connectivity index (χ2n) is 8.39. The number of anilines is 1. The van der Waals surface area contributed by atoms with Crippen LogP contribution in [0.15, 0.2) is 42.5 Å². The number of benzene rings is 2. The first-order valence-corrected chi connectivity index (χ1v) is 10.7. The maximum atomic E-state index is 13.0. The highest BCUT2D eigenvalue weighted by Crippen LogP contribution is 2.49. The Bertz CT molecular complexity index is 905. The summed E-state index contributed by atoms with van der Waals surface area (Å²) < 4.78 is 19.0. The van der Waals surface area contributed by atoms with Crippen LogP contribution in [0.3, 0.4) is 0 Å². The highest BCUT2D eigenvalue weighted by atomic mass is 35.5. The van der Waals surface area contributed by atoms with Gasteiger partial charge in [-0.15, -0.1) is 12.4 Å². The molecule has 0 amide bonds. The number of carbonyl (C=O) groups excluding carboxylic acids is 1. The van der Waals surface area contributed by atoms with E-state index in [1.54, 1.807) is 12.1 Å². The molecule has 0 N–H and O–H groups in total. The highest BCUT2D eigenvalue weighted by molar-refractivity contribution is 5.95. The van der Waals surface area contributed by atoms with Gasteiger partial charge in [0.25, 0.3) is 0 Å². The summed E-state index contributed by atoms with van der Waals surface area (Å²) in [6.45, 7) is 4.94. The highest BCUT2D eigenvalue weighted by Gasteiger charge is 2.43. The largest absolute Gasteiger partial charge is 0.491 e. The van der Waals surface area contributed by atoms with E-state index < -0.39 is 0 Å². The van der Waals surface area contributed by atoms with Gasteiger partial charge in [-0.1, -0.05) is 12.1 Å². The lowest BCUT2D eigenvalue weighted by Crippen LogP contribution is -2.46. The van der Waals surface area contributed by atoms with E-state index in [0.717, 1.165) is 57.8 Å². The van der Waals surface area contributed by atoms with Crippen LogP contribution in [-0.4, -0.2) is 49.5 Å². The monoisotopic (exact) mass is 430 g/mol. The van der Waals surface area contributed by atoms with Gasteiger partial charge in [0, 0.05) is 43.6 Å². The van der Waals surface area contributed by atoms with Crippen molar-refractivity contribution >= 4 is 23.9 Å². The van der Waals surface area contributed by atoms with Crippen molar-refractivity contribution < 1.29 is 13.9 Å². The fourth-order valence-corrected chi connectivity index (χ4v) is 5.26. The minimum atomic E-state index is -0.302. The summed E-state index contributed by atoms with van der Waals surface area (Å²) in [5.41, 5.74) is 3.36. The van der Waals surface area contributed by atoms with Crippen molar-refractivity contribution in [3.05, 3.63) is 59.4 Å². The van der Waals surface area contributed by atoms with Crippen molar-refractivity contribution in [1.29, 1.82) is 0 Å². The summed E-state index contributed by atoms with van der Waals surface area (Å²) in [4.78, 5) is 17.4.